The number of rotatable bonds is 7. The Labute approximate surface area is 184 Å². The molecule has 1 amide bonds. The summed E-state index contributed by atoms with van der Waals surface area (Å²) >= 11 is 0. The topological polar surface area (TPSA) is 69.9 Å². The van der Waals surface area contributed by atoms with Gasteiger partial charge in [-0.25, -0.2) is 4.99 Å². The number of benzene rings is 1. The van der Waals surface area contributed by atoms with Gasteiger partial charge in [-0.2, -0.15) is 13.2 Å². The zero-order valence-corrected chi connectivity index (χ0v) is 18.5. The lowest BCUT2D eigenvalue weighted by Gasteiger charge is -2.15. The van der Waals surface area contributed by atoms with Gasteiger partial charge in [-0.3, -0.25) is 4.79 Å². The van der Waals surface area contributed by atoms with Crippen LogP contribution >= 0.6 is 24.0 Å². The molecule has 6 nitrogen and oxygen atoms in total. The van der Waals surface area contributed by atoms with E-state index >= 15 is 0 Å². The zero-order chi connectivity index (χ0) is 20.6. The minimum Gasteiger partial charge on any atom is -0.469 e. The maximum atomic E-state index is 12.6. The van der Waals surface area contributed by atoms with Crippen LogP contribution in [0.15, 0.2) is 52.1 Å². The van der Waals surface area contributed by atoms with E-state index in [4.69, 9.17) is 4.42 Å². The number of hydrogen-bond donors (Lipinski definition) is 2. The number of likely N-dealkylation sites (N-methyl/N-ethyl adjacent to an activating group) is 1. The Balaban J connectivity index is 0.00000420. The van der Waals surface area contributed by atoms with Crippen molar-refractivity contribution < 1.29 is 22.4 Å². The van der Waals surface area contributed by atoms with E-state index in [-0.39, 0.29) is 43.0 Å². The first-order valence-electron chi connectivity index (χ1n) is 8.66. The summed E-state index contributed by atoms with van der Waals surface area (Å²) in [5.74, 6) is 1.07. The molecule has 2 N–H and O–H groups in total. The summed E-state index contributed by atoms with van der Waals surface area (Å²) in [6.45, 7) is 0.736. The number of hydrogen-bond acceptors (Lipinski definition) is 3. The lowest BCUT2D eigenvalue weighted by molar-refractivity contribution is -0.137. The molecule has 1 aromatic carbocycles. The summed E-state index contributed by atoms with van der Waals surface area (Å²) in [6.07, 6.45) is -2.16. The molecule has 0 unspecified atom stereocenters. The number of amides is 1. The van der Waals surface area contributed by atoms with Crippen molar-refractivity contribution in [3.63, 3.8) is 0 Å². The molecule has 0 saturated heterocycles. The van der Waals surface area contributed by atoms with Gasteiger partial charge in [0.15, 0.2) is 5.96 Å². The molecule has 0 spiro atoms. The van der Waals surface area contributed by atoms with Gasteiger partial charge in [0.2, 0.25) is 5.91 Å². The number of halogens is 4. The highest BCUT2D eigenvalue weighted by Crippen LogP contribution is 2.29. The highest BCUT2D eigenvalue weighted by Gasteiger charge is 2.29. The molecule has 1 aromatic heterocycles. The van der Waals surface area contributed by atoms with E-state index in [0.29, 0.717) is 24.5 Å². The summed E-state index contributed by atoms with van der Waals surface area (Å²) in [7, 11) is 3.29. The number of nitrogens with zero attached hydrogens (tertiary/aromatic N) is 2. The van der Waals surface area contributed by atoms with Crippen LogP contribution in [0.4, 0.5) is 13.2 Å². The van der Waals surface area contributed by atoms with Crippen molar-refractivity contribution in [2.75, 3.05) is 27.2 Å². The smallest absolute Gasteiger partial charge is 0.416 e. The van der Waals surface area contributed by atoms with Crippen LogP contribution in [0.25, 0.3) is 0 Å². The van der Waals surface area contributed by atoms with Crippen LogP contribution in [0.2, 0.25) is 0 Å². The first kappa shape index (κ1) is 24.8. The molecule has 2 rings (SSSR count). The lowest BCUT2D eigenvalue weighted by atomic mass is 10.1. The van der Waals surface area contributed by atoms with Gasteiger partial charge in [-0.05, 0) is 29.8 Å². The number of alkyl halides is 3. The fourth-order valence-corrected chi connectivity index (χ4v) is 2.22. The standard InChI is InChI=1S/C19H23F3N4O2.HI/c1-26(2)17(27)13-25-18(23-10-9-16-4-3-11-28-16)24-12-14-5-7-15(8-6-14)19(20,21)22;/h3-8,11H,9-10,12-13H2,1-2H3,(H2,23,24,25);1H. The summed E-state index contributed by atoms with van der Waals surface area (Å²) < 4.78 is 43.2. The van der Waals surface area contributed by atoms with E-state index in [1.807, 2.05) is 6.07 Å². The Morgan fingerprint density at radius 3 is 2.38 bits per heavy atom. The molecular weight excluding hydrogens is 500 g/mol. The maximum Gasteiger partial charge on any atom is 0.416 e. The van der Waals surface area contributed by atoms with Gasteiger partial charge in [0.05, 0.1) is 24.9 Å². The largest absolute Gasteiger partial charge is 0.469 e. The van der Waals surface area contributed by atoms with Gasteiger partial charge < -0.3 is 20.0 Å². The molecule has 0 aliphatic rings. The molecule has 160 valence electrons. The van der Waals surface area contributed by atoms with Crippen LogP contribution in [0.5, 0.6) is 0 Å². The van der Waals surface area contributed by atoms with Crippen LogP contribution in [0.1, 0.15) is 16.9 Å². The van der Waals surface area contributed by atoms with E-state index in [2.05, 4.69) is 15.6 Å². The first-order valence-corrected chi connectivity index (χ1v) is 8.66. The van der Waals surface area contributed by atoms with Crippen LogP contribution in [-0.2, 0) is 23.9 Å². The Kier molecular flexibility index (Phi) is 9.99. The number of nitrogens with one attached hydrogen (secondary N) is 2. The molecule has 29 heavy (non-hydrogen) atoms. The molecular formula is C19H24F3IN4O2. The predicted molar refractivity (Wildman–Crippen MR) is 115 cm³/mol. The van der Waals surface area contributed by atoms with Crippen molar-refractivity contribution in [1.82, 2.24) is 15.5 Å². The Hall–Kier alpha value is -2.24. The van der Waals surface area contributed by atoms with Crippen molar-refractivity contribution in [3.05, 3.63) is 59.5 Å². The minimum absolute atomic E-state index is 0. The lowest BCUT2D eigenvalue weighted by Crippen LogP contribution is -2.43. The molecule has 0 radical (unpaired) electrons. The van der Waals surface area contributed by atoms with Crippen LogP contribution < -0.4 is 10.6 Å². The Morgan fingerprint density at radius 2 is 1.83 bits per heavy atom. The van der Waals surface area contributed by atoms with Gasteiger partial charge >= 0.3 is 6.18 Å². The van der Waals surface area contributed by atoms with E-state index < -0.39 is 11.7 Å². The second-order valence-corrected chi connectivity index (χ2v) is 6.26. The third kappa shape index (κ3) is 8.75. The van der Waals surface area contributed by atoms with Gasteiger partial charge in [-0.1, -0.05) is 12.1 Å². The summed E-state index contributed by atoms with van der Waals surface area (Å²) in [6, 6.07) is 8.47. The van der Waals surface area contributed by atoms with Crippen LogP contribution in [0, 0.1) is 0 Å². The van der Waals surface area contributed by atoms with Crippen LogP contribution in [-0.4, -0.2) is 44.0 Å². The molecule has 0 aliphatic carbocycles. The van der Waals surface area contributed by atoms with E-state index in [9.17, 15) is 18.0 Å². The summed E-state index contributed by atoms with van der Waals surface area (Å²) in [5, 5.41) is 6.01. The molecule has 0 bridgehead atoms. The van der Waals surface area contributed by atoms with Gasteiger partial charge in [-0.15, -0.1) is 24.0 Å². The molecule has 10 heteroatoms. The zero-order valence-electron chi connectivity index (χ0n) is 16.1. The molecule has 0 atom stereocenters. The Morgan fingerprint density at radius 1 is 1.14 bits per heavy atom. The van der Waals surface area contributed by atoms with Crippen LogP contribution in [0.3, 0.4) is 0 Å². The number of guanidine groups is 1. The monoisotopic (exact) mass is 524 g/mol. The second-order valence-electron chi connectivity index (χ2n) is 6.26. The Bertz CT molecular complexity index is 776. The molecule has 0 saturated carbocycles. The number of carbonyl (C=O) groups excluding carboxylic acids is 1. The number of aliphatic imine (C=N–C) groups is 1. The third-order valence-electron chi connectivity index (χ3n) is 3.85. The van der Waals surface area contributed by atoms with E-state index in [0.717, 1.165) is 17.9 Å². The molecule has 0 aliphatic heterocycles. The number of furan rings is 1. The molecule has 1 heterocycles. The predicted octanol–water partition coefficient (Wildman–Crippen LogP) is 3.28. The third-order valence-corrected chi connectivity index (χ3v) is 3.85. The van der Waals surface area contributed by atoms with E-state index in [1.54, 1.807) is 26.4 Å². The van der Waals surface area contributed by atoms with Crippen molar-refractivity contribution in [3.8, 4) is 0 Å². The maximum absolute atomic E-state index is 12.6. The number of carbonyl (C=O) groups is 1. The average Bonchev–Trinajstić information content (AvgIpc) is 3.16. The fourth-order valence-electron chi connectivity index (χ4n) is 2.22. The highest BCUT2D eigenvalue weighted by molar-refractivity contribution is 14.0. The summed E-state index contributed by atoms with van der Waals surface area (Å²) in [4.78, 5) is 17.6. The summed E-state index contributed by atoms with van der Waals surface area (Å²) in [5.41, 5.74) is -0.0780. The van der Waals surface area contributed by atoms with Crippen molar-refractivity contribution in [1.29, 1.82) is 0 Å². The first-order chi connectivity index (χ1) is 13.3. The quantitative estimate of drug-likeness (QED) is 0.332. The fraction of sp³-hybridized carbons (Fsp3) is 0.368. The highest BCUT2D eigenvalue weighted by atomic mass is 127. The second kappa shape index (κ2) is 11.7. The molecule has 0 fully saturated rings. The molecule has 2 aromatic rings. The van der Waals surface area contributed by atoms with Gasteiger partial charge in [0, 0.05) is 27.1 Å². The normalized spacial score (nSPS) is 11.6. The van der Waals surface area contributed by atoms with Crippen molar-refractivity contribution in [2.45, 2.75) is 19.1 Å². The van der Waals surface area contributed by atoms with E-state index in [1.165, 1.54) is 17.0 Å². The van der Waals surface area contributed by atoms with Gasteiger partial charge in [0.25, 0.3) is 0 Å². The SMILES string of the molecule is CN(C)C(=O)CNC(=NCc1ccc(C(F)(F)F)cc1)NCCc1ccco1.I. The minimum atomic E-state index is -4.37. The van der Waals surface area contributed by atoms with Gasteiger partial charge in [0.1, 0.15) is 5.76 Å². The average molecular weight is 524 g/mol. The van der Waals surface area contributed by atoms with Crippen molar-refractivity contribution in [2.24, 2.45) is 4.99 Å². The van der Waals surface area contributed by atoms with Crippen molar-refractivity contribution >= 4 is 35.8 Å².